The molecule has 2 heteroatoms. The number of Topliss-reactive ketones (excluding diaryl/α,β-unsaturated/α-hetero) is 1. The second kappa shape index (κ2) is 6.43. The Morgan fingerprint density at radius 2 is 1.82 bits per heavy atom. The van der Waals surface area contributed by atoms with Crippen molar-refractivity contribution in [2.75, 3.05) is 5.73 Å². The Kier molecular flexibility index (Phi) is 5.20. The van der Waals surface area contributed by atoms with Gasteiger partial charge in [-0.05, 0) is 30.0 Å². The summed E-state index contributed by atoms with van der Waals surface area (Å²) in [4.78, 5) is 12.0. The van der Waals surface area contributed by atoms with Crippen molar-refractivity contribution in [3.63, 3.8) is 0 Å². The molecule has 1 rings (SSSR count). The largest absolute Gasteiger partial charge is 0.399 e. The molecule has 0 spiro atoms. The summed E-state index contributed by atoms with van der Waals surface area (Å²) >= 11 is 0. The van der Waals surface area contributed by atoms with Gasteiger partial charge in [0.1, 0.15) is 5.78 Å². The maximum atomic E-state index is 12.0. The molecule has 0 aromatic heterocycles. The lowest BCUT2D eigenvalue weighted by atomic mass is 9.89. The number of carbonyl (C=O) groups is 1. The molecule has 0 heterocycles. The summed E-state index contributed by atoms with van der Waals surface area (Å²) in [6, 6.07) is 7.81. The van der Waals surface area contributed by atoms with E-state index in [2.05, 4.69) is 13.8 Å². The van der Waals surface area contributed by atoms with Crippen molar-refractivity contribution in [2.45, 2.75) is 46.0 Å². The maximum absolute atomic E-state index is 12.0. The summed E-state index contributed by atoms with van der Waals surface area (Å²) in [6.07, 6.45) is 2.70. The number of ketones is 1. The minimum absolute atomic E-state index is 0.191. The summed E-state index contributed by atoms with van der Waals surface area (Å²) in [5.41, 5.74) is 7.61. The molecular weight excluding hydrogens is 210 g/mol. The van der Waals surface area contributed by atoms with Crippen LogP contribution in [0.3, 0.4) is 0 Å². The Hall–Kier alpha value is -1.31. The van der Waals surface area contributed by atoms with Crippen LogP contribution >= 0.6 is 0 Å². The number of benzene rings is 1. The topological polar surface area (TPSA) is 43.1 Å². The van der Waals surface area contributed by atoms with Gasteiger partial charge in [-0.1, -0.05) is 39.3 Å². The molecule has 94 valence electrons. The van der Waals surface area contributed by atoms with Gasteiger partial charge >= 0.3 is 0 Å². The van der Waals surface area contributed by atoms with Crippen LogP contribution < -0.4 is 5.73 Å². The van der Waals surface area contributed by atoms with Crippen molar-refractivity contribution in [3.05, 3.63) is 29.8 Å². The van der Waals surface area contributed by atoms with Crippen molar-refractivity contribution < 1.29 is 4.79 Å². The Morgan fingerprint density at radius 3 is 2.35 bits per heavy atom. The molecule has 0 amide bonds. The highest BCUT2D eigenvalue weighted by molar-refractivity contribution is 5.81. The molecule has 0 saturated heterocycles. The first-order valence-electron chi connectivity index (χ1n) is 6.42. The zero-order chi connectivity index (χ0) is 12.8. The Balaban J connectivity index is 2.57. The van der Waals surface area contributed by atoms with E-state index >= 15 is 0 Å². The minimum Gasteiger partial charge on any atom is -0.399 e. The lowest BCUT2D eigenvalue weighted by Crippen LogP contribution is -2.13. The predicted octanol–water partition coefficient (Wildman–Crippen LogP) is 3.77. The lowest BCUT2D eigenvalue weighted by Gasteiger charge is -2.14. The smallest absolute Gasteiger partial charge is 0.136 e. The number of hydrogen-bond donors (Lipinski definition) is 1. The average molecular weight is 233 g/mol. The lowest BCUT2D eigenvalue weighted by molar-refractivity contribution is -0.122. The van der Waals surface area contributed by atoms with E-state index in [9.17, 15) is 4.79 Å². The van der Waals surface area contributed by atoms with E-state index in [-0.39, 0.29) is 11.8 Å². The normalized spacial score (nSPS) is 14.3. The van der Waals surface area contributed by atoms with E-state index in [4.69, 9.17) is 5.73 Å². The summed E-state index contributed by atoms with van der Waals surface area (Å²) in [6.45, 7) is 6.25. The van der Waals surface area contributed by atoms with Gasteiger partial charge in [0.05, 0.1) is 0 Å². The van der Waals surface area contributed by atoms with E-state index < -0.39 is 0 Å². The van der Waals surface area contributed by atoms with Gasteiger partial charge in [0.2, 0.25) is 0 Å². The van der Waals surface area contributed by atoms with Gasteiger partial charge in [-0.2, -0.15) is 0 Å². The van der Waals surface area contributed by atoms with Crippen molar-refractivity contribution in [1.82, 2.24) is 0 Å². The second-order valence-electron chi connectivity index (χ2n) is 4.93. The van der Waals surface area contributed by atoms with E-state index in [1.165, 1.54) is 5.56 Å². The van der Waals surface area contributed by atoms with E-state index in [0.29, 0.717) is 12.2 Å². The molecule has 0 aliphatic heterocycles. The Morgan fingerprint density at radius 1 is 1.24 bits per heavy atom. The molecule has 2 nitrogen and oxygen atoms in total. The molecule has 1 aromatic carbocycles. The van der Waals surface area contributed by atoms with Crippen molar-refractivity contribution >= 4 is 11.5 Å². The first-order chi connectivity index (χ1) is 8.04. The quantitative estimate of drug-likeness (QED) is 0.760. The monoisotopic (exact) mass is 233 g/mol. The number of nitrogens with two attached hydrogens (primary N) is 1. The number of nitrogen functional groups attached to an aromatic ring is 1. The van der Waals surface area contributed by atoms with Gasteiger partial charge in [0, 0.05) is 18.0 Å². The molecule has 0 bridgehead atoms. The van der Waals surface area contributed by atoms with Crippen molar-refractivity contribution in [3.8, 4) is 0 Å². The van der Waals surface area contributed by atoms with E-state index in [1.54, 1.807) is 0 Å². The molecule has 17 heavy (non-hydrogen) atoms. The van der Waals surface area contributed by atoms with Gasteiger partial charge in [0.25, 0.3) is 0 Å². The van der Waals surface area contributed by atoms with Crippen LogP contribution in [0.2, 0.25) is 0 Å². The summed E-state index contributed by atoms with van der Waals surface area (Å²) in [5.74, 6) is 0.842. The highest BCUT2D eigenvalue weighted by Crippen LogP contribution is 2.23. The molecule has 0 aliphatic rings. The maximum Gasteiger partial charge on any atom is 0.136 e. The second-order valence-corrected chi connectivity index (χ2v) is 4.93. The van der Waals surface area contributed by atoms with Crippen LogP contribution in [0.5, 0.6) is 0 Å². The van der Waals surface area contributed by atoms with Crippen LogP contribution in [0.4, 0.5) is 5.69 Å². The van der Waals surface area contributed by atoms with Crippen LogP contribution in [0.1, 0.15) is 51.5 Å². The molecule has 1 aromatic rings. The van der Waals surface area contributed by atoms with Gasteiger partial charge in [-0.3, -0.25) is 4.79 Å². The minimum atomic E-state index is 0.191. The van der Waals surface area contributed by atoms with Gasteiger partial charge in [0.15, 0.2) is 0 Å². The number of rotatable bonds is 6. The van der Waals surface area contributed by atoms with E-state index in [1.807, 2.05) is 31.2 Å². The summed E-state index contributed by atoms with van der Waals surface area (Å²) in [5, 5.41) is 0. The first-order valence-corrected chi connectivity index (χ1v) is 6.42. The van der Waals surface area contributed by atoms with Crippen LogP contribution in [-0.2, 0) is 4.79 Å². The summed E-state index contributed by atoms with van der Waals surface area (Å²) in [7, 11) is 0. The Labute approximate surface area is 104 Å². The predicted molar refractivity (Wildman–Crippen MR) is 73.0 cm³/mol. The zero-order valence-electron chi connectivity index (χ0n) is 11.1. The van der Waals surface area contributed by atoms with Crippen molar-refractivity contribution in [1.29, 1.82) is 0 Å². The van der Waals surface area contributed by atoms with Gasteiger partial charge < -0.3 is 5.73 Å². The van der Waals surface area contributed by atoms with Crippen LogP contribution in [0.15, 0.2) is 24.3 Å². The molecule has 0 aliphatic carbocycles. The molecule has 2 N–H and O–H groups in total. The van der Waals surface area contributed by atoms with Crippen LogP contribution in [0.25, 0.3) is 0 Å². The third-order valence-corrected chi connectivity index (χ3v) is 3.28. The Bertz CT molecular complexity index is 356. The first kappa shape index (κ1) is 13.8. The summed E-state index contributed by atoms with van der Waals surface area (Å²) < 4.78 is 0. The highest BCUT2D eigenvalue weighted by Gasteiger charge is 2.16. The molecule has 0 fully saturated rings. The SMILES string of the molecule is CCCC(C)C(=O)CC(C)c1ccc(N)cc1. The fourth-order valence-electron chi connectivity index (χ4n) is 2.04. The molecular formula is C15H23NO. The number of hydrogen-bond acceptors (Lipinski definition) is 2. The average Bonchev–Trinajstić information content (AvgIpc) is 2.30. The zero-order valence-corrected chi connectivity index (χ0v) is 11.1. The number of anilines is 1. The third-order valence-electron chi connectivity index (χ3n) is 3.28. The molecule has 2 atom stereocenters. The van der Waals surface area contributed by atoms with E-state index in [0.717, 1.165) is 18.5 Å². The van der Waals surface area contributed by atoms with Crippen LogP contribution in [0, 0.1) is 5.92 Å². The van der Waals surface area contributed by atoms with Gasteiger partial charge in [-0.15, -0.1) is 0 Å². The fraction of sp³-hybridized carbons (Fsp3) is 0.533. The molecule has 2 unspecified atom stereocenters. The third kappa shape index (κ3) is 4.22. The fourth-order valence-corrected chi connectivity index (χ4v) is 2.04. The highest BCUT2D eigenvalue weighted by atomic mass is 16.1. The molecule has 0 saturated carbocycles. The van der Waals surface area contributed by atoms with Crippen LogP contribution in [-0.4, -0.2) is 5.78 Å². The molecule has 0 radical (unpaired) electrons. The standard InChI is InChI=1S/C15H23NO/c1-4-5-11(2)15(17)10-12(3)13-6-8-14(16)9-7-13/h6-9,11-12H,4-5,10,16H2,1-3H3. The van der Waals surface area contributed by atoms with Crippen molar-refractivity contribution in [2.24, 2.45) is 5.92 Å². The van der Waals surface area contributed by atoms with Gasteiger partial charge in [-0.25, -0.2) is 0 Å². The number of carbonyl (C=O) groups excluding carboxylic acids is 1.